The van der Waals surface area contributed by atoms with Gasteiger partial charge in [-0.05, 0) is 24.6 Å². The lowest BCUT2D eigenvalue weighted by molar-refractivity contribution is 0.206. The van der Waals surface area contributed by atoms with E-state index in [2.05, 4.69) is 28.0 Å². The Morgan fingerprint density at radius 2 is 2.22 bits per heavy atom. The number of aromatic nitrogens is 2. The molecule has 0 fully saturated rings. The molecule has 1 N–H and O–H groups in total. The summed E-state index contributed by atoms with van der Waals surface area (Å²) in [5.41, 5.74) is 1.58. The second kappa shape index (κ2) is 5.87. The summed E-state index contributed by atoms with van der Waals surface area (Å²) in [5.74, 6) is 0. The van der Waals surface area contributed by atoms with Crippen LogP contribution in [0.2, 0.25) is 5.02 Å². The monoisotopic (exact) mass is 328 g/mol. The van der Waals surface area contributed by atoms with Crippen molar-refractivity contribution < 1.29 is 5.11 Å². The topological polar surface area (TPSA) is 38.0 Å². The molecule has 0 aliphatic heterocycles. The van der Waals surface area contributed by atoms with Gasteiger partial charge < -0.3 is 5.11 Å². The summed E-state index contributed by atoms with van der Waals surface area (Å²) >= 11 is 9.32. The fourth-order valence-corrected chi connectivity index (χ4v) is 2.76. The molecule has 1 unspecified atom stereocenters. The minimum atomic E-state index is -0.703. The van der Waals surface area contributed by atoms with Gasteiger partial charge >= 0.3 is 0 Å². The molecule has 1 heterocycles. The van der Waals surface area contributed by atoms with Crippen molar-refractivity contribution >= 4 is 27.5 Å². The Hall–Kier alpha value is -0.840. The maximum atomic E-state index is 10.4. The number of halogens is 2. The lowest BCUT2D eigenvalue weighted by Crippen LogP contribution is -2.10. The van der Waals surface area contributed by atoms with E-state index in [1.54, 1.807) is 18.3 Å². The molecule has 5 heteroatoms. The zero-order valence-electron chi connectivity index (χ0n) is 9.98. The van der Waals surface area contributed by atoms with Crippen molar-refractivity contribution in [1.82, 2.24) is 9.78 Å². The van der Waals surface area contributed by atoms with Crippen LogP contribution in [0.1, 0.15) is 30.7 Å². The summed E-state index contributed by atoms with van der Waals surface area (Å²) in [6, 6.07) is 7.20. The summed E-state index contributed by atoms with van der Waals surface area (Å²) in [4.78, 5) is 0. The number of aryl methyl sites for hydroxylation is 1. The van der Waals surface area contributed by atoms with Crippen molar-refractivity contribution in [2.75, 3.05) is 0 Å². The first-order chi connectivity index (χ1) is 8.63. The lowest BCUT2D eigenvalue weighted by atomic mass is 10.1. The third-order valence-electron chi connectivity index (χ3n) is 2.72. The third kappa shape index (κ3) is 2.76. The highest BCUT2D eigenvalue weighted by Gasteiger charge is 2.17. The third-order valence-corrected chi connectivity index (χ3v) is 3.64. The first-order valence-electron chi connectivity index (χ1n) is 5.78. The Kier molecular flexibility index (Phi) is 4.43. The maximum Gasteiger partial charge on any atom is 0.122 e. The molecule has 1 aromatic heterocycles. The van der Waals surface area contributed by atoms with Crippen molar-refractivity contribution in [2.45, 2.75) is 26.0 Å². The van der Waals surface area contributed by atoms with Crippen LogP contribution in [-0.4, -0.2) is 14.9 Å². The van der Waals surface area contributed by atoms with Gasteiger partial charge in [-0.3, -0.25) is 4.68 Å². The Morgan fingerprint density at radius 3 is 2.89 bits per heavy atom. The van der Waals surface area contributed by atoms with E-state index < -0.39 is 6.10 Å². The van der Waals surface area contributed by atoms with Crippen LogP contribution in [0.15, 0.2) is 34.9 Å². The fourth-order valence-electron chi connectivity index (χ4n) is 1.86. The molecule has 1 atom stereocenters. The van der Waals surface area contributed by atoms with Crippen LogP contribution in [0.4, 0.5) is 0 Å². The largest absolute Gasteiger partial charge is 0.382 e. The van der Waals surface area contributed by atoms with Crippen LogP contribution < -0.4 is 0 Å². The summed E-state index contributed by atoms with van der Waals surface area (Å²) in [5, 5.41) is 15.3. The standard InChI is InChI=1S/C13H14BrClN2O/c1-2-7-17-12(5-6-16-17)13(18)10-4-3-9(15)8-11(10)14/h3-6,8,13,18H,2,7H2,1H3. The molecule has 0 saturated carbocycles. The van der Waals surface area contributed by atoms with Gasteiger partial charge in [0.25, 0.3) is 0 Å². The molecule has 0 spiro atoms. The number of aliphatic hydroxyl groups excluding tert-OH is 1. The summed E-state index contributed by atoms with van der Waals surface area (Å²) < 4.78 is 2.62. The van der Waals surface area contributed by atoms with Gasteiger partial charge in [-0.1, -0.05) is 40.5 Å². The average Bonchev–Trinajstić information content (AvgIpc) is 2.77. The normalized spacial score (nSPS) is 12.7. The maximum absolute atomic E-state index is 10.4. The number of aliphatic hydroxyl groups is 1. The predicted molar refractivity (Wildman–Crippen MR) is 75.7 cm³/mol. The lowest BCUT2D eigenvalue weighted by Gasteiger charge is -2.15. The van der Waals surface area contributed by atoms with Gasteiger partial charge in [0.1, 0.15) is 6.10 Å². The quantitative estimate of drug-likeness (QED) is 0.926. The molecular weight excluding hydrogens is 316 g/mol. The van der Waals surface area contributed by atoms with Crippen LogP contribution in [0.5, 0.6) is 0 Å². The molecule has 3 nitrogen and oxygen atoms in total. The van der Waals surface area contributed by atoms with Gasteiger partial charge in [0.05, 0.1) is 5.69 Å². The summed E-state index contributed by atoms with van der Waals surface area (Å²) in [6.45, 7) is 2.88. The number of rotatable bonds is 4. The van der Waals surface area contributed by atoms with E-state index in [0.29, 0.717) is 5.02 Å². The molecule has 0 aliphatic carbocycles. The number of benzene rings is 1. The van der Waals surface area contributed by atoms with E-state index in [1.165, 1.54) is 0 Å². The predicted octanol–water partition coefficient (Wildman–Crippen LogP) is 3.79. The van der Waals surface area contributed by atoms with E-state index in [0.717, 1.165) is 28.7 Å². The van der Waals surface area contributed by atoms with E-state index in [9.17, 15) is 5.11 Å². The Bertz CT molecular complexity index is 542. The van der Waals surface area contributed by atoms with Crippen LogP contribution in [0.3, 0.4) is 0 Å². The Balaban J connectivity index is 2.35. The van der Waals surface area contributed by atoms with Gasteiger partial charge in [0.2, 0.25) is 0 Å². The van der Waals surface area contributed by atoms with Gasteiger partial charge in [-0.25, -0.2) is 0 Å². The zero-order chi connectivity index (χ0) is 13.1. The Labute approximate surface area is 120 Å². The first kappa shape index (κ1) is 13.6. The van der Waals surface area contributed by atoms with E-state index in [4.69, 9.17) is 11.6 Å². The van der Waals surface area contributed by atoms with E-state index >= 15 is 0 Å². The fraction of sp³-hybridized carbons (Fsp3) is 0.308. The van der Waals surface area contributed by atoms with Crippen molar-refractivity contribution in [3.63, 3.8) is 0 Å². The minimum absolute atomic E-state index is 0.639. The minimum Gasteiger partial charge on any atom is -0.382 e. The summed E-state index contributed by atoms with van der Waals surface area (Å²) in [6.07, 6.45) is 1.98. The number of hydrogen-bond acceptors (Lipinski definition) is 2. The molecule has 0 saturated heterocycles. The second-order valence-corrected chi connectivity index (χ2v) is 5.34. The van der Waals surface area contributed by atoms with Crippen LogP contribution in [0.25, 0.3) is 0 Å². The average molecular weight is 330 g/mol. The molecule has 1 aromatic carbocycles. The van der Waals surface area contributed by atoms with Crippen LogP contribution in [0, 0.1) is 0 Å². The molecule has 0 aliphatic rings. The highest BCUT2D eigenvalue weighted by Crippen LogP contribution is 2.30. The van der Waals surface area contributed by atoms with Gasteiger partial charge in [0, 0.05) is 27.8 Å². The van der Waals surface area contributed by atoms with Gasteiger partial charge in [-0.2, -0.15) is 5.10 Å². The van der Waals surface area contributed by atoms with E-state index in [1.807, 2.05) is 16.8 Å². The van der Waals surface area contributed by atoms with Crippen molar-refractivity contribution in [3.8, 4) is 0 Å². The molecular formula is C13H14BrClN2O. The molecule has 0 radical (unpaired) electrons. The molecule has 18 heavy (non-hydrogen) atoms. The zero-order valence-corrected chi connectivity index (χ0v) is 12.3. The molecule has 2 aromatic rings. The molecule has 0 amide bonds. The smallest absolute Gasteiger partial charge is 0.122 e. The van der Waals surface area contributed by atoms with Gasteiger partial charge in [-0.15, -0.1) is 0 Å². The van der Waals surface area contributed by atoms with Crippen LogP contribution >= 0.6 is 27.5 Å². The number of hydrogen-bond donors (Lipinski definition) is 1. The molecule has 2 rings (SSSR count). The molecule has 96 valence electrons. The second-order valence-electron chi connectivity index (χ2n) is 4.05. The van der Waals surface area contributed by atoms with Gasteiger partial charge in [0.15, 0.2) is 0 Å². The first-order valence-corrected chi connectivity index (χ1v) is 6.95. The van der Waals surface area contributed by atoms with Crippen molar-refractivity contribution in [3.05, 3.63) is 51.2 Å². The van der Waals surface area contributed by atoms with Crippen molar-refractivity contribution in [1.29, 1.82) is 0 Å². The summed E-state index contributed by atoms with van der Waals surface area (Å²) in [7, 11) is 0. The highest BCUT2D eigenvalue weighted by atomic mass is 79.9. The van der Waals surface area contributed by atoms with E-state index in [-0.39, 0.29) is 0 Å². The van der Waals surface area contributed by atoms with Crippen molar-refractivity contribution in [2.24, 2.45) is 0 Å². The highest BCUT2D eigenvalue weighted by molar-refractivity contribution is 9.10. The van der Waals surface area contributed by atoms with Crippen LogP contribution in [-0.2, 0) is 6.54 Å². The Morgan fingerprint density at radius 1 is 1.44 bits per heavy atom. The SMILES string of the molecule is CCCn1nccc1C(O)c1ccc(Cl)cc1Br. The molecule has 0 bridgehead atoms. The number of nitrogens with zero attached hydrogens (tertiary/aromatic N) is 2.